The standard InChI is InChI=1S/C25H23Cl3N4O3S.BrH/c1-2-21(34)35-16-36-24(30-19-12-6-10-18-11-7-15-29-22(18)19)32-23(25(26,27)28)31-20(33)14-13-17-8-4-3-5-9-17;/h3-15,23H,2,16H2,1H3,(H,30,32)(H,31,33);1H/b14-13+;. The highest BCUT2D eigenvalue weighted by atomic mass is 79.9. The van der Waals surface area contributed by atoms with Crippen LogP contribution in [0, 0.1) is 0 Å². The van der Waals surface area contributed by atoms with Gasteiger partial charge in [-0.1, -0.05) is 90.3 Å². The number of amidine groups is 1. The van der Waals surface area contributed by atoms with Gasteiger partial charge in [0.25, 0.3) is 0 Å². The van der Waals surface area contributed by atoms with E-state index in [-0.39, 0.29) is 40.5 Å². The number of carbonyl (C=O) groups excluding carboxylic acids is 2. The molecule has 0 spiro atoms. The predicted molar refractivity (Wildman–Crippen MR) is 160 cm³/mol. The Balaban J connectivity index is 0.00000481. The van der Waals surface area contributed by atoms with Gasteiger partial charge in [-0.25, -0.2) is 4.99 Å². The molecule has 1 heterocycles. The molecule has 0 aliphatic carbocycles. The molecule has 0 radical (unpaired) electrons. The number of halogens is 4. The first-order valence-electron chi connectivity index (χ1n) is 10.8. The lowest BCUT2D eigenvalue weighted by atomic mass is 10.2. The average Bonchev–Trinajstić information content (AvgIpc) is 2.87. The number of hydrogen-bond acceptors (Lipinski definition) is 6. The summed E-state index contributed by atoms with van der Waals surface area (Å²) in [6.45, 7) is 1.69. The number of anilines is 1. The second-order valence-electron chi connectivity index (χ2n) is 7.27. The highest BCUT2D eigenvalue weighted by Crippen LogP contribution is 2.32. The smallest absolute Gasteiger partial charge is 0.306 e. The van der Waals surface area contributed by atoms with Crippen LogP contribution in [0.25, 0.3) is 17.0 Å². The molecule has 0 aliphatic rings. The third-order valence-electron chi connectivity index (χ3n) is 4.64. The summed E-state index contributed by atoms with van der Waals surface area (Å²) in [6.07, 6.45) is 3.61. The summed E-state index contributed by atoms with van der Waals surface area (Å²) in [5.74, 6) is -0.913. The van der Waals surface area contributed by atoms with Crippen LogP contribution in [-0.2, 0) is 14.3 Å². The number of hydrogen-bond donors (Lipinski definition) is 2. The number of aromatic nitrogens is 1. The fourth-order valence-electron chi connectivity index (χ4n) is 2.90. The Kier molecular flexibility index (Phi) is 12.7. The van der Waals surface area contributed by atoms with Crippen molar-refractivity contribution in [3.05, 3.63) is 78.5 Å². The molecule has 196 valence electrons. The predicted octanol–water partition coefficient (Wildman–Crippen LogP) is 6.75. The van der Waals surface area contributed by atoms with Gasteiger partial charge in [0, 0.05) is 24.1 Å². The van der Waals surface area contributed by atoms with Crippen LogP contribution in [0.2, 0.25) is 0 Å². The van der Waals surface area contributed by atoms with Gasteiger partial charge in [0.05, 0.1) is 11.2 Å². The Bertz CT molecular complexity index is 1250. The number of nitrogens with one attached hydrogen (secondary N) is 2. The van der Waals surface area contributed by atoms with Crippen LogP contribution in [0.4, 0.5) is 5.69 Å². The highest BCUT2D eigenvalue weighted by Gasteiger charge is 2.34. The molecule has 1 aromatic heterocycles. The molecule has 0 bridgehead atoms. The third-order valence-corrected chi connectivity index (χ3v) is 5.98. The maximum Gasteiger partial charge on any atom is 0.306 e. The lowest BCUT2D eigenvalue weighted by Gasteiger charge is -2.23. The molecule has 7 nitrogen and oxygen atoms in total. The van der Waals surface area contributed by atoms with Crippen LogP contribution in [0.1, 0.15) is 18.9 Å². The van der Waals surface area contributed by atoms with Crippen LogP contribution in [-0.4, -0.2) is 37.9 Å². The molecular formula is C25H24BrCl3N4O3S. The normalized spacial score (nSPS) is 12.6. The number of fused-ring (bicyclic) bond motifs is 1. The van der Waals surface area contributed by atoms with Gasteiger partial charge in [0.1, 0.15) is 5.94 Å². The molecule has 1 amide bonds. The number of benzene rings is 2. The first-order valence-corrected chi connectivity index (χ1v) is 13.0. The molecule has 37 heavy (non-hydrogen) atoms. The second kappa shape index (κ2) is 15.2. The van der Waals surface area contributed by atoms with E-state index in [2.05, 4.69) is 20.6 Å². The highest BCUT2D eigenvalue weighted by molar-refractivity contribution is 8.93. The van der Waals surface area contributed by atoms with Crippen molar-refractivity contribution in [2.75, 3.05) is 11.3 Å². The van der Waals surface area contributed by atoms with Crippen LogP contribution >= 0.6 is 63.5 Å². The molecule has 1 atom stereocenters. The Hall–Kier alpha value is -2.30. The molecular weight excluding hydrogens is 623 g/mol. The minimum absolute atomic E-state index is 0. The van der Waals surface area contributed by atoms with Crippen molar-refractivity contribution in [3.63, 3.8) is 0 Å². The van der Waals surface area contributed by atoms with Crippen LogP contribution in [0.15, 0.2) is 77.9 Å². The SMILES string of the molecule is Br.CCC(=O)OCSC(=NC(NC(=O)/C=C/c1ccccc1)C(Cl)(Cl)Cl)Nc1cccc2cccnc12. The fourth-order valence-corrected chi connectivity index (χ4v) is 3.88. The lowest BCUT2D eigenvalue weighted by Crippen LogP contribution is -2.42. The molecule has 3 aromatic rings. The van der Waals surface area contributed by atoms with Crippen LogP contribution in [0.5, 0.6) is 0 Å². The monoisotopic (exact) mass is 644 g/mol. The van der Waals surface area contributed by atoms with Crippen molar-refractivity contribution >= 4 is 103 Å². The number of carbonyl (C=O) groups is 2. The zero-order chi connectivity index (χ0) is 26.0. The first-order chi connectivity index (χ1) is 17.3. The van der Waals surface area contributed by atoms with Crippen molar-refractivity contribution in [3.8, 4) is 0 Å². The van der Waals surface area contributed by atoms with E-state index in [1.165, 1.54) is 6.08 Å². The average molecular weight is 647 g/mol. The van der Waals surface area contributed by atoms with Crippen LogP contribution < -0.4 is 10.6 Å². The van der Waals surface area contributed by atoms with Gasteiger partial charge in [0.15, 0.2) is 11.3 Å². The molecule has 1 unspecified atom stereocenters. The fraction of sp³-hybridized carbons (Fsp3) is 0.200. The minimum atomic E-state index is -1.97. The molecule has 2 N–H and O–H groups in total. The number of alkyl halides is 3. The number of pyridine rings is 1. The van der Waals surface area contributed by atoms with Gasteiger partial charge >= 0.3 is 5.97 Å². The van der Waals surface area contributed by atoms with E-state index in [1.54, 1.807) is 19.2 Å². The summed E-state index contributed by atoms with van der Waals surface area (Å²) in [5, 5.41) is 6.92. The summed E-state index contributed by atoms with van der Waals surface area (Å²) in [7, 11) is 0. The van der Waals surface area contributed by atoms with Gasteiger partial charge in [-0.3, -0.25) is 14.6 Å². The largest absolute Gasteiger partial charge is 0.454 e. The summed E-state index contributed by atoms with van der Waals surface area (Å²) >= 11 is 19.6. The van der Waals surface area contributed by atoms with E-state index < -0.39 is 15.9 Å². The molecule has 3 rings (SSSR count). The van der Waals surface area contributed by atoms with E-state index in [4.69, 9.17) is 39.5 Å². The Morgan fingerprint density at radius 1 is 1.11 bits per heavy atom. The van der Waals surface area contributed by atoms with E-state index in [1.807, 2.05) is 60.7 Å². The number of nitrogens with zero attached hydrogens (tertiary/aromatic N) is 2. The quantitative estimate of drug-likeness (QED) is 0.0703. The summed E-state index contributed by atoms with van der Waals surface area (Å²) in [6, 6.07) is 18.6. The molecule has 0 aliphatic heterocycles. The second-order valence-corrected chi connectivity index (χ2v) is 10.5. The molecule has 2 aromatic carbocycles. The van der Waals surface area contributed by atoms with Crippen molar-refractivity contribution < 1.29 is 14.3 Å². The summed E-state index contributed by atoms with van der Waals surface area (Å²) < 4.78 is 3.20. The molecule has 12 heteroatoms. The van der Waals surface area contributed by atoms with Gasteiger partial charge < -0.3 is 15.4 Å². The number of aliphatic imine (C=N–C) groups is 1. The zero-order valence-electron chi connectivity index (χ0n) is 19.6. The summed E-state index contributed by atoms with van der Waals surface area (Å²) in [4.78, 5) is 33.1. The molecule has 0 fully saturated rings. The maximum atomic E-state index is 12.6. The first kappa shape index (κ1) is 30.9. The number of rotatable bonds is 8. The maximum absolute atomic E-state index is 12.6. The Morgan fingerprint density at radius 2 is 1.84 bits per heavy atom. The van der Waals surface area contributed by atoms with E-state index in [9.17, 15) is 9.59 Å². The van der Waals surface area contributed by atoms with Gasteiger partial charge in [-0.15, -0.1) is 17.0 Å². The van der Waals surface area contributed by atoms with Crippen molar-refractivity contribution in [2.24, 2.45) is 4.99 Å². The van der Waals surface area contributed by atoms with Gasteiger partial charge in [-0.2, -0.15) is 0 Å². The topological polar surface area (TPSA) is 92.7 Å². The van der Waals surface area contributed by atoms with Gasteiger partial charge in [0.2, 0.25) is 9.70 Å². The van der Waals surface area contributed by atoms with Crippen LogP contribution in [0.3, 0.4) is 0 Å². The van der Waals surface area contributed by atoms with Crippen molar-refractivity contribution in [1.29, 1.82) is 0 Å². The number of thioether (sulfide) groups is 1. The third kappa shape index (κ3) is 10.2. The van der Waals surface area contributed by atoms with E-state index in [0.717, 1.165) is 22.7 Å². The number of ether oxygens (including phenoxy) is 1. The number of esters is 1. The summed E-state index contributed by atoms with van der Waals surface area (Å²) in [5.41, 5.74) is 2.17. The number of amides is 1. The lowest BCUT2D eigenvalue weighted by molar-refractivity contribution is -0.140. The molecule has 0 saturated heterocycles. The van der Waals surface area contributed by atoms with E-state index >= 15 is 0 Å². The Morgan fingerprint density at radius 3 is 2.54 bits per heavy atom. The van der Waals surface area contributed by atoms with E-state index in [0.29, 0.717) is 11.2 Å². The zero-order valence-corrected chi connectivity index (χ0v) is 24.4. The molecule has 0 saturated carbocycles. The number of para-hydroxylation sites is 1. The Labute approximate surface area is 244 Å². The van der Waals surface area contributed by atoms with Gasteiger partial charge in [-0.05, 0) is 35.5 Å². The van der Waals surface area contributed by atoms with Crippen molar-refractivity contribution in [2.45, 2.75) is 23.3 Å². The van der Waals surface area contributed by atoms with Crippen molar-refractivity contribution in [1.82, 2.24) is 10.3 Å². The minimum Gasteiger partial charge on any atom is -0.454 e.